The van der Waals surface area contributed by atoms with E-state index < -0.39 is 0 Å². The van der Waals surface area contributed by atoms with Crippen molar-refractivity contribution in [3.05, 3.63) is 0 Å². The van der Waals surface area contributed by atoms with Crippen molar-refractivity contribution >= 4 is 18.6 Å². The molecule has 0 N–H and O–H groups in total. The van der Waals surface area contributed by atoms with E-state index in [2.05, 4.69) is 26.5 Å². The lowest BCUT2D eigenvalue weighted by atomic mass is 10.2. The van der Waals surface area contributed by atoms with Gasteiger partial charge in [-0.3, -0.25) is 4.79 Å². The summed E-state index contributed by atoms with van der Waals surface area (Å²) in [5.74, 6) is -0.160. The fourth-order valence-electron chi connectivity index (χ4n) is 1.14. The zero-order valence-electron chi connectivity index (χ0n) is 8.99. The Morgan fingerprint density at radius 1 is 1.36 bits per heavy atom. The van der Waals surface area contributed by atoms with Gasteiger partial charge in [0.2, 0.25) is 0 Å². The highest BCUT2D eigenvalue weighted by Gasteiger charge is 2.05. The molecule has 0 aliphatic heterocycles. The van der Waals surface area contributed by atoms with Gasteiger partial charge in [-0.1, -0.05) is 20.3 Å². The lowest BCUT2D eigenvalue weighted by Crippen LogP contribution is -2.17. The second-order valence-corrected chi connectivity index (χ2v) is 3.38. The zero-order valence-corrected chi connectivity index (χ0v) is 9.89. The van der Waals surface area contributed by atoms with Crippen LogP contribution in [0.25, 0.3) is 0 Å². The molecule has 84 valence electrons. The normalized spacial score (nSPS) is 12.5. The summed E-state index contributed by atoms with van der Waals surface area (Å²) >= 11 is 3.79. The van der Waals surface area contributed by atoms with E-state index in [1.807, 2.05) is 0 Å². The van der Waals surface area contributed by atoms with E-state index in [-0.39, 0.29) is 11.7 Å². The first-order chi connectivity index (χ1) is 6.74. The Morgan fingerprint density at radius 3 is 2.57 bits per heavy atom. The molecule has 3 nitrogen and oxygen atoms in total. The average Bonchev–Trinajstić information content (AvgIpc) is 2.22. The molecule has 0 bridgehead atoms. The van der Waals surface area contributed by atoms with Crippen LogP contribution in [0.4, 0.5) is 0 Å². The molecule has 0 fully saturated rings. The first-order valence-corrected chi connectivity index (χ1v) is 5.75. The van der Waals surface area contributed by atoms with Crippen LogP contribution in [0.1, 0.15) is 33.1 Å². The van der Waals surface area contributed by atoms with Gasteiger partial charge in [-0.2, -0.15) is 12.6 Å². The van der Waals surface area contributed by atoms with Crippen LogP contribution in [0.3, 0.4) is 0 Å². The number of thiol groups is 1. The summed E-state index contributed by atoms with van der Waals surface area (Å²) in [4.78, 5) is 10.7. The van der Waals surface area contributed by atoms with Gasteiger partial charge in [-0.25, -0.2) is 0 Å². The number of hydrogen-bond donors (Lipinski definition) is 1. The van der Waals surface area contributed by atoms with Gasteiger partial charge in [0, 0.05) is 0 Å². The van der Waals surface area contributed by atoms with Crippen LogP contribution in [-0.2, 0) is 14.3 Å². The second-order valence-electron chi connectivity index (χ2n) is 3.07. The van der Waals surface area contributed by atoms with Crippen LogP contribution in [0.15, 0.2) is 0 Å². The van der Waals surface area contributed by atoms with E-state index in [1.54, 1.807) is 0 Å². The molecular weight excluding hydrogens is 200 g/mol. The number of carbonyl (C=O) groups excluding carboxylic acids is 1. The fraction of sp³-hybridized carbons (Fsp3) is 0.900. The highest BCUT2D eigenvalue weighted by atomic mass is 32.1. The van der Waals surface area contributed by atoms with Crippen molar-refractivity contribution in [3.63, 3.8) is 0 Å². The van der Waals surface area contributed by atoms with E-state index in [1.165, 1.54) is 0 Å². The van der Waals surface area contributed by atoms with Gasteiger partial charge in [-0.05, 0) is 12.8 Å². The highest BCUT2D eigenvalue weighted by Crippen LogP contribution is 2.05. The first-order valence-electron chi connectivity index (χ1n) is 5.12. The number of hydrogen-bond acceptors (Lipinski definition) is 4. The molecule has 0 aliphatic carbocycles. The van der Waals surface area contributed by atoms with Crippen LogP contribution in [-0.4, -0.2) is 31.0 Å². The maximum absolute atomic E-state index is 10.7. The standard InChI is InChI=1S/C10H20O3S/c1-3-5-9(4-2)12-6-7-13-10(11)8-14/h9,14H,3-8H2,1-2H3. The second kappa shape index (κ2) is 9.34. The van der Waals surface area contributed by atoms with Crippen molar-refractivity contribution in [2.45, 2.75) is 39.2 Å². The zero-order chi connectivity index (χ0) is 10.8. The molecule has 1 unspecified atom stereocenters. The molecule has 0 amide bonds. The van der Waals surface area contributed by atoms with Crippen LogP contribution in [0, 0.1) is 0 Å². The van der Waals surface area contributed by atoms with Gasteiger partial charge < -0.3 is 9.47 Å². The molecule has 1 atom stereocenters. The Labute approximate surface area is 91.6 Å². The highest BCUT2D eigenvalue weighted by molar-refractivity contribution is 7.81. The Bertz CT molecular complexity index is 150. The summed E-state index contributed by atoms with van der Waals surface area (Å²) < 4.78 is 10.3. The largest absolute Gasteiger partial charge is 0.463 e. The molecule has 0 heterocycles. The van der Waals surface area contributed by atoms with Crippen molar-refractivity contribution in [1.29, 1.82) is 0 Å². The number of ether oxygens (including phenoxy) is 2. The quantitative estimate of drug-likeness (QED) is 0.386. The van der Waals surface area contributed by atoms with Crippen molar-refractivity contribution in [2.75, 3.05) is 19.0 Å². The Hall–Kier alpha value is -0.220. The van der Waals surface area contributed by atoms with Gasteiger partial charge >= 0.3 is 5.97 Å². The molecule has 0 saturated carbocycles. The lowest BCUT2D eigenvalue weighted by molar-refractivity contribution is -0.142. The molecule has 0 aromatic rings. The first kappa shape index (κ1) is 13.8. The maximum atomic E-state index is 10.7. The van der Waals surface area contributed by atoms with E-state index in [0.717, 1.165) is 19.3 Å². The minimum Gasteiger partial charge on any atom is -0.463 e. The van der Waals surface area contributed by atoms with Crippen molar-refractivity contribution < 1.29 is 14.3 Å². The molecule has 0 aliphatic rings. The summed E-state index contributed by atoms with van der Waals surface area (Å²) in [6.07, 6.45) is 3.50. The summed E-state index contributed by atoms with van der Waals surface area (Å²) in [6, 6.07) is 0. The summed E-state index contributed by atoms with van der Waals surface area (Å²) in [5.41, 5.74) is 0. The lowest BCUT2D eigenvalue weighted by Gasteiger charge is -2.14. The SMILES string of the molecule is CCCC(CC)OCCOC(=O)CS. The third-order valence-electron chi connectivity index (χ3n) is 1.90. The van der Waals surface area contributed by atoms with E-state index >= 15 is 0 Å². The fourth-order valence-corrected chi connectivity index (χ4v) is 1.23. The predicted molar refractivity (Wildman–Crippen MR) is 59.8 cm³/mol. The summed E-state index contributed by atoms with van der Waals surface area (Å²) in [5, 5.41) is 0. The van der Waals surface area contributed by atoms with Crippen molar-refractivity contribution in [1.82, 2.24) is 0 Å². The Kier molecular flexibility index (Phi) is 9.19. The summed E-state index contributed by atoms with van der Waals surface area (Å²) in [7, 11) is 0. The van der Waals surface area contributed by atoms with Crippen LogP contribution >= 0.6 is 12.6 Å². The minimum absolute atomic E-state index is 0.131. The minimum atomic E-state index is -0.291. The van der Waals surface area contributed by atoms with Crippen LogP contribution in [0.5, 0.6) is 0 Å². The third kappa shape index (κ3) is 7.21. The molecule has 14 heavy (non-hydrogen) atoms. The van der Waals surface area contributed by atoms with Crippen LogP contribution in [0.2, 0.25) is 0 Å². The molecule has 0 rings (SSSR count). The molecule has 4 heteroatoms. The smallest absolute Gasteiger partial charge is 0.315 e. The number of rotatable bonds is 8. The van der Waals surface area contributed by atoms with E-state index in [9.17, 15) is 4.79 Å². The Balaban J connectivity index is 3.37. The third-order valence-corrected chi connectivity index (χ3v) is 2.15. The van der Waals surface area contributed by atoms with E-state index in [0.29, 0.717) is 19.3 Å². The van der Waals surface area contributed by atoms with Gasteiger partial charge in [-0.15, -0.1) is 0 Å². The van der Waals surface area contributed by atoms with Crippen molar-refractivity contribution in [2.24, 2.45) is 0 Å². The monoisotopic (exact) mass is 220 g/mol. The number of esters is 1. The van der Waals surface area contributed by atoms with Gasteiger partial charge in [0.05, 0.1) is 18.5 Å². The van der Waals surface area contributed by atoms with Crippen molar-refractivity contribution in [3.8, 4) is 0 Å². The predicted octanol–water partition coefficient (Wildman–Crippen LogP) is 2.05. The Morgan fingerprint density at radius 2 is 2.07 bits per heavy atom. The average molecular weight is 220 g/mol. The number of carbonyl (C=O) groups is 1. The molecular formula is C10H20O3S. The van der Waals surface area contributed by atoms with Gasteiger partial charge in [0.15, 0.2) is 0 Å². The maximum Gasteiger partial charge on any atom is 0.315 e. The molecule has 0 aromatic carbocycles. The topological polar surface area (TPSA) is 35.5 Å². The molecule has 0 aromatic heterocycles. The molecule has 0 saturated heterocycles. The molecule has 0 spiro atoms. The van der Waals surface area contributed by atoms with E-state index in [4.69, 9.17) is 9.47 Å². The molecule has 0 radical (unpaired) electrons. The van der Waals surface area contributed by atoms with Gasteiger partial charge in [0.25, 0.3) is 0 Å². The van der Waals surface area contributed by atoms with Crippen LogP contribution < -0.4 is 0 Å². The van der Waals surface area contributed by atoms with Gasteiger partial charge in [0.1, 0.15) is 6.61 Å². The summed E-state index contributed by atoms with van der Waals surface area (Å²) in [6.45, 7) is 5.05.